The smallest absolute Gasteiger partial charge is 0.262 e. The number of sulfone groups is 1. The molecule has 0 aliphatic rings. The van der Waals surface area contributed by atoms with Crippen molar-refractivity contribution in [1.82, 2.24) is 5.48 Å². The maximum absolute atomic E-state index is 12.8. The molecule has 1 unspecified atom stereocenters. The minimum atomic E-state index is -3.88. The van der Waals surface area contributed by atoms with Crippen LogP contribution in [-0.2, 0) is 14.6 Å². The van der Waals surface area contributed by atoms with Gasteiger partial charge < -0.3 is 4.74 Å². The van der Waals surface area contributed by atoms with Crippen LogP contribution in [-0.4, -0.2) is 31.9 Å². The zero-order chi connectivity index (χ0) is 20.8. The molecule has 0 spiro atoms. The molecule has 0 radical (unpaired) electrons. The van der Waals surface area contributed by atoms with Crippen molar-refractivity contribution < 1.29 is 23.2 Å². The Morgan fingerprint density at radius 3 is 1.93 bits per heavy atom. The second-order valence-electron chi connectivity index (χ2n) is 7.16. The number of hydrogen-bond donors (Lipinski definition) is 2. The van der Waals surface area contributed by atoms with Crippen LogP contribution in [0.5, 0.6) is 5.75 Å². The van der Waals surface area contributed by atoms with E-state index in [-0.39, 0.29) is 11.3 Å². The number of rotatable bonds is 15. The Balaban J connectivity index is 2.49. The van der Waals surface area contributed by atoms with E-state index in [1.165, 1.54) is 63.2 Å². The Morgan fingerprint density at radius 1 is 0.964 bits per heavy atom. The minimum absolute atomic E-state index is 0.0500. The molecule has 7 heteroatoms. The van der Waals surface area contributed by atoms with Crippen LogP contribution in [0.3, 0.4) is 0 Å². The molecule has 0 heterocycles. The molecule has 2 N–H and O–H groups in total. The van der Waals surface area contributed by atoms with Crippen LogP contribution in [0.4, 0.5) is 0 Å². The average Bonchev–Trinajstić information content (AvgIpc) is 2.71. The quantitative estimate of drug-likeness (QED) is 0.248. The summed E-state index contributed by atoms with van der Waals surface area (Å²) >= 11 is 0. The van der Waals surface area contributed by atoms with Gasteiger partial charge in [0.2, 0.25) is 0 Å². The fraction of sp³-hybridized carbons (Fsp3) is 0.667. The Morgan fingerprint density at radius 2 is 1.46 bits per heavy atom. The normalized spacial score (nSPS) is 12.5. The molecular formula is C21H35NO5S. The van der Waals surface area contributed by atoms with Gasteiger partial charge in [-0.05, 0) is 30.7 Å². The van der Waals surface area contributed by atoms with Crippen LogP contribution in [0.15, 0.2) is 29.2 Å². The van der Waals surface area contributed by atoms with Crippen molar-refractivity contribution in [3.8, 4) is 5.75 Å². The summed E-state index contributed by atoms with van der Waals surface area (Å²) in [6.07, 6.45) is 11.5. The molecule has 1 aromatic carbocycles. The molecule has 1 rings (SSSR count). The molecule has 0 aromatic heterocycles. The maximum Gasteiger partial charge on any atom is 0.262 e. The van der Waals surface area contributed by atoms with Crippen molar-refractivity contribution in [2.45, 2.75) is 87.7 Å². The number of benzene rings is 1. The highest BCUT2D eigenvalue weighted by molar-refractivity contribution is 7.92. The first-order valence-electron chi connectivity index (χ1n) is 10.3. The molecule has 28 heavy (non-hydrogen) atoms. The summed E-state index contributed by atoms with van der Waals surface area (Å²) < 4.78 is 30.7. The second-order valence-corrected chi connectivity index (χ2v) is 9.29. The third-order valence-corrected chi connectivity index (χ3v) is 7.11. The third-order valence-electron chi connectivity index (χ3n) is 4.99. The van der Waals surface area contributed by atoms with E-state index in [9.17, 15) is 13.2 Å². The lowest BCUT2D eigenvalue weighted by Crippen LogP contribution is -2.38. The summed E-state index contributed by atoms with van der Waals surface area (Å²) in [6, 6.07) is 5.93. The van der Waals surface area contributed by atoms with Gasteiger partial charge in [-0.15, -0.1) is 0 Å². The molecule has 6 nitrogen and oxygen atoms in total. The summed E-state index contributed by atoms with van der Waals surface area (Å²) in [5, 5.41) is 7.68. The molecule has 0 bridgehead atoms. The third kappa shape index (κ3) is 8.19. The van der Waals surface area contributed by atoms with Gasteiger partial charge in [-0.2, -0.15) is 0 Å². The lowest BCUT2D eigenvalue weighted by atomic mass is 10.1. The summed E-state index contributed by atoms with van der Waals surface area (Å²) in [5.41, 5.74) is 1.51. The molecule has 1 amide bonds. The van der Waals surface area contributed by atoms with E-state index in [4.69, 9.17) is 9.94 Å². The maximum atomic E-state index is 12.8. The molecule has 1 aromatic rings. The Labute approximate surface area is 169 Å². The number of unbranched alkanes of at least 4 members (excludes halogenated alkanes) is 9. The van der Waals surface area contributed by atoms with Gasteiger partial charge in [0.05, 0.1) is 12.0 Å². The fourth-order valence-electron chi connectivity index (χ4n) is 3.25. The largest absolute Gasteiger partial charge is 0.497 e. The predicted molar refractivity (Wildman–Crippen MR) is 110 cm³/mol. The van der Waals surface area contributed by atoms with Crippen LogP contribution < -0.4 is 10.2 Å². The van der Waals surface area contributed by atoms with Crippen molar-refractivity contribution in [3.05, 3.63) is 24.3 Å². The van der Waals surface area contributed by atoms with E-state index in [1.54, 1.807) is 12.1 Å². The number of carbonyl (C=O) groups is 1. The van der Waals surface area contributed by atoms with Crippen LogP contribution in [0.25, 0.3) is 0 Å². The predicted octanol–water partition coefficient (Wildman–Crippen LogP) is 4.65. The molecule has 1 atom stereocenters. The molecule has 0 aliphatic carbocycles. The highest BCUT2D eigenvalue weighted by Gasteiger charge is 2.33. The van der Waals surface area contributed by atoms with Crippen LogP contribution in [0.1, 0.15) is 77.6 Å². The summed E-state index contributed by atoms with van der Waals surface area (Å²) in [7, 11) is -2.38. The number of ether oxygens (including phenoxy) is 1. The van der Waals surface area contributed by atoms with Crippen molar-refractivity contribution in [1.29, 1.82) is 0 Å². The molecule has 160 valence electrons. The summed E-state index contributed by atoms with van der Waals surface area (Å²) in [4.78, 5) is 12.0. The molecule has 0 aliphatic heterocycles. The number of carbonyl (C=O) groups excluding carboxylic acids is 1. The van der Waals surface area contributed by atoms with E-state index >= 15 is 0 Å². The van der Waals surface area contributed by atoms with Gasteiger partial charge in [0.15, 0.2) is 9.84 Å². The van der Waals surface area contributed by atoms with Crippen molar-refractivity contribution in [2.75, 3.05) is 7.11 Å². The molecule has 0 saturated carbocycles. The van der Waals surface area contributed by atoms with E-state index in [2.05, 4.69) is 6.92 Å². The van der Waals surface area contributed by atoms with Crippen LogP contribution in [0, 0.1) is 0 Å². The lowest BCUT2D eigenvalue weighted by Gasteiger charge is -2.16. The number of hydroxylamine groups is 1. The van der Waals surface area contributed by atoms with Gasteiger partial charge in [0.1, 0.15) is 11.0 Å². The summed E-state index contributed by atoms with van der Waals surface area (Å²) in [6.45, 7) is 2.21. The van der Waals surface area contributed by atoms with Gasteiger partial charge in [-0.25, -0.2) is 13.9 Å². The van der Waals surface area contributed by atoms with Gasteiger partial charge in [0, 0.05) is 0 Å². The Bertz CT molecular complexity index is 658. The monoisotopic (exact) mass is 413 g/mol. The van der Waals surface area contributed by atoms with Gasteiger partial charge in [-0.1, -0.05) is 71.1 Å². The van der Waals surface area contributed by atoms with E-state index in [1.807, 2.05) is 0 Å². The number of nitrogens with one attached hydrogen (secondary N) is 1. The van der Waals surface area contributed by atoms with Crippen molar-refractivity contribution in [3.63, 3.8) is 0 Å². The second kappa shape index (κ2) is 13.6. The lowest BCUT2D eigenvalue weighted by molar-refractivity contribution is -0.128. The highest BCUT2D eigenvalue weighted by atomic mass is 32.2. The number of hydrogen-bond acceptors (Lipinski definition) is 5. The zero-order valence-electron chi connectivity index (χ0n) is 17.2. The van der Waals surface area contributed by atoms with Crippen LogP contribution >= 0.6 is 0 Å². The van der Waals surface area contributed by atoms with Gasteiger partial charge in [0.25, 0.3) is 5.91 Å². The first kappa shape index (κ1) is 24.4. The standard InChI is InChI=1S/C21H35NO5S/c1-3-4-5-6-7-8-9-10-11-12-13-20(21(23)22-24)28(25,26)19-16-14-18(27-2)15-17-19/h14-17,20,24H,3-13H2,1-2H3,(H,22,23). The summed E-state index contributed by atoms with van der Waals surface area (Å²) in [5.74, 6) is -0.344. The van der Waals surface area contributed by atoms with Crippen molar-refractivity contribution in [2.24, 2.45) is 0 Å². The fourth-order valence-corrected chi connectivity index (χ4v) is 4.90. The number of methoxy groups -OCH3 is 1. The molecule has 0 saturated heterocycles. The Hall–Kier alpha value is -1.60. The zero-order valence-corrected chi connectivity index (χ0v) is 18.0. The van der Waals surface area contributed by atoms with Gasteiger partial charge in [-0.3, -0.25) is 10.0 Å². The molecule has 0 fully saturated rings. The molecular weight excluding hydrogens is 378 g/mol. The van der Waals surface area contributed by atoms with E-state index in [0.717, 1.165) is 19.3 Å². The first-order chi connectivity index (χ1) is 13.5. The SMILES string of the molecule is CCCCCCCCCCCCC(C(=O)NO)S(=O)(=O)c1ccc(OC)cc1. The van der Waals surface area contributed by atoms with E-state index in [0.29, 0.717) is 12.2 Å². The average molecular weight is 414 g/mol. The van der Waals surface area contributed by atoms with E-state index < -0.39 is 21.0 Å². The highest BCUT2D eigenvalue weighted by Crippen LogP contribution is 2.23. The Kier molecular flexibility index (Phi) is 11.8. The van der Waals surface area contributed by atoms with Crippen LogP contribution in [0.2, 0.25) is 0 Å². The minimum Gasteiger partial charge on any atom is -0.497 e. The number of amides is 1. The van der Waals surface area contributed by atoms with Gasteiger partial charge >= 0.3 is 0 Å². The first-order valence-corrected chi connectivity index (χ1v) is 11.8. The van der Waals surface area contributed by atoms with Crippen molar-refractivity contribution >= 4 is 15.7 Å². The topological polar surface area (TPSA) is 92.7 Å².